The van der Waals surface area contributed by atoms with Gasteiger partial charge >= 0.3 is 0 Å². The van der Waals surface area contributed by atoms with Gasteiger partial charge in [-0.15, -0.1) is 0 Å². The Labute approximate surface area is 98.4 Å². The highest BCUT2D eigenvalue weighted by Gasteiger charge is 2.29. The summed E-state index contributed by atoms with van der Waals surface area (Å²) < 4.78 is 0. The van der Waals surface area contributed by atoms with Gasteiger partial charge in [-0.3, -0.25) is 4.79 Å². The van der Waals surface area contributed by atoms with Crippen molar-refractivity contribution in [2.75, 3.05) is 19.6 Å². The molecule has 2 N–H and O–H groups in total. The third kappa shape index (κ3) is 2.76. The van der Waals surface area contributed by atoms with Crippen LogP contribution in [0.3, 0.4) is 0 Å². The third-order valence-electron chi connectivity index (χ3n) is 4.30. The van der Waals surface area contributed by atoms with Gasteiger partial charge in [-0.2, -0.15) is 0 Å². The van der Waals surface area contributed by atoms with E-state index in [9.17, 15) is 4.79 Å². The van der Waals surface area contributed by atoms with Gasteiger partial charge in [0.25, 0.3) is 0 Å². The zero-order valence-corrected chi connectivity index (χ0v) is 10.5. The minimum absolute atomic E-state index is 0.181. The summed E-state index contributed by atoms with van der Waals surface area (Å²) in [7, 11) is 0. The first-order chi connectivity index (χ1) is 7.66. The van der Waals surface area contributed by atoms with Crippen molar-refractivity contribution >= 4 is 5.91 Å². The summed E-state index contributed by atoms with van der Waals surface area (Å²) in [6.45, 7) is 7.28. The zero-order valence-electron chi connectivity index (χ0n) is 10.5. The monoisotopic (exact) mass is 224 g/mol. The molecule has 1 saturated heterocycles. The molecule has 16 heavy (non-hydrogen) atoms. The van der Waals surface area contributed by atoms with Gasteiger partial charge in [0, 0.05) is 12.5 Å². The molecule has 2 aliphatic rings. The van der Waals surface area contributed by atoms with Crippen molar-refractivity contribution in [2.24, 2.45) is 23.7 Å². The van der Waals surface area contributed by atoms with Crippen molar-refractivity contribution in [3.63, 3.8) is 0 Å². The fraction of sp³-hybridized carbons (Fsp3) is 0.923. The van der Waals surface area contributed by atoms with Crippen LogP contribution in [0.2, 0.25) is 0 Å². The lowest BCUT2D eigenvalue weighted by Crippen LogP contribution is -2.50. The Bertz CT molecular complexity index is 250. The van der Waals surface area contributed by atoms with E-state index in [4.69, 9.17) is 0 Å². The van der Waals surface area contributed by atoms with E-state index >= 15 is 0 Å². The van der Waals surface area contributed by atoms with Crippen molar-refractivity contribution in [1.82, 2.24) is 10.6 Å². The molecule has 1 aliphatic heterocycles. The molecule has 1 heterocycles. The molecule has 1 amide bonds. The lowest BCUT2D eigenvalue weighted by molar-refractivity contribution is -0.126. The average molecular weight is 224 g/mol. The number of amides is 1. The van der Waals surface area contributed by atoms with Crippen LogP contribution in [0.4, 0.5) is 0 Å². The van der Waals surface area contributed by atoms with E-state index < -0.39 is 0 Å². The number of nitrogens with one attached hydrogen (secondary N) is 2. The maximum absolute atomic E-state index is 11.9. The summed E-state index contributed by atoms with van der Waals surface area (Å²) in [5, 5.41) is 6.35. The lowest BCUT2D eigenvalue weighted by Gasteiger charge is -2.32. The van der Waals surface area contributed by atoms with E-state index in [1.807, 2.05) is 0 Å². The van der Waals surface area contributed by atoms with Gasteiger partial charge in [-0.25, -0.2) is 0 Å². The topological polar surface area (TPSA) is 41.1 Å². The minimum atomic E-state index is 0.181. The zero-order chi connectivity index (χ0) is 11.5. The van der Waals surface area contributed by atoms with E-state index in [-0.39, 0.29) is 11.8 Å². The Morgan fingerprint density at radius 1 is 1.44 bits per heavy atom. The van der Waals surface area contributed by atoms with Gasteiger partial charge in [0.05, 0.1) is 0 Å². The predicted octanol–water partition coefficient (Wildman–Crippen LogP) is 1.39. The first kappa shape index (κ1) is 11.9. The molecule has 3 heteroatoms. The highest BCUT2D eigenvalue weighted by Crippen LogP contribution is 2.29. The second-order valence-electron chi connectivity index (χ2n) is 5.74. The number of hydrogen-bond donors (Lipinski definition) is 2. The molecule has 0 bridgehead atoms. The number of hydrogen-bond acceptors (Lipinski definition) is 2. The number of rotatable bonds is 4. The quantitative estimate of drug-likeness (QED) is 0.758. The van der Waals surface area contributed by atoms with Gasteiger partial charge in [0.1, 0.15) is 0 Å². The molecule has 2 rings (SSSR count). The van der Waals surface area contributed by atoms with Crippen molar-refractivity contribution in [2.45, 2.75) is 33.1 Å². The normalized spacial score (nSPS) is 32.1. The van der Waals surface area contributed by atoms with Crippen LogP contribution in [0.15, 0.2) is 0 Å². The van der Waals surface area contributed by atoms with Crippen molar-refractivity contribution < 1.29 is 4.79 Å². The molecular formula is C13H24N2O. The SMILES string of the molecule is CC1CCC(CNC(=O)C(C)C2CNC2)C1. The molecule has 0 aromatic rings. The van der Waals surface area contributed by atoms with E-state index in [1.165, 1.54) is 19.3 Å². The molecule has 0 radical (unpaired) electrons. The molecule has 92 valence electrons. The summed E-state index contributed by atoms with van der Waals surface area (Å²) in [6, 6.07) is 0. The van der Waals surface area contributed by atoms with Crippen LogP contribution in [0.5, 0.6) is 0 Å². The fourth-order valence-corrected chi connectivity index (χ4v) is 2.79. The Morgan fingerprint density at radius 3 is 2.69 bits per heavy atom. The Balaban J connectivity index is 1.66. The van der Waals surface area contributed by atoms with Crippen molar-refractivity contribution in [3.8, 4) is 0 Å². The van der Waals surface area contributed by atoms with Crippen LogP contribution >= 0.6 is 0 Å². The van der Waals surface area contributed by atoms with Gasteiger partial charge in [0.2, 0.25) is 5.91 Å². The van der Waals surface area contributed by atoms with Crippen LogP contribution in [-0.2, 0) is 4.79 Å². The summed E-state index contributed by atoms with van der Waals surface area (Å²) in [5.74, 6) is 2.58. The Kier molecular flexibility index (Phi) is 3.85. The molecule has 2 fully saturated rings. The van der Waals surface area contributed by atoms with Crippen LogP contribution in [-0.4, -0.2) is 25.5 Å². The van der Waals surface area contributed by atoms with Crippen molar-refractivity contribution in [1.29, 1.82) is 0 Å². The van der Waals surface area contributed by atoms with E-state index in [2.05, 4.69) is 24.5 Å². The molecule has 1 aliphatic carbocycles. The van der Waals surface area contributed by atoms with Crippen LogP contribution in [0.25, 0.3) is 0 Å². The van der Waals surface area contributed by atoms with E-state index in [0.717, 1.165) is 31.5 Å². The van der Waals surface area contributed by atoms with Crippen LogP contribution in [0.1, 0.15) is 33.1 Å². The van der Waals surface area contributed by atoms with Crippen LogP contribution in [0, 0.1) is 23.7 Å². The molecule has 0 aromatic heterocycles. The third-order valence-corrected chi connectivity index (χ3v) is 4.30. The van der Waals surface area contributed by atoms with Gasteiger partial charge < -0.3 is 10.6 Å². The molecule has 0 spiro atoms. The van der Waals surface area contributed by atoms with E-state index in [0.29, 0.717) is 5.92 Å². The lowest BCUT2D eigenvalue weighted by atomic mass is 9.88. The maximum atomic E-state index is 11.9. The van der Waals surface area contributed by atoms with Gasteiger partial charge in [-0.1, -0.05) is 20.3 Å². The number of carbonyl (C=O) groups excluding carboxylic acids is 1. The fourth-order valence-electron chi connectivity index (χ4n) is 2.79. The summed E-state index contributed by atoms with van der Waals surface area (Å²) in [4.78, 5) is 11.9. The molecule has 1 saturated carbocycles. The second-order valence-corrected chi connectivity index (χ2v) is 5.74. The predicted molar refractivity (Wildman–Crippen MR) is 65.0 cm³/mol. The summed E-state index contributed by atoms with van der Waals surface area (Å²) in [6.07, 6.45) is 3.92. The minimum Gasteiger partial charge on any atom is -0.356 e. The Morgan fingerprint density at radius 2 is 2.19 bits per heavy atom. The molecule has 3 nitrogen and oxygen atoms in total. The highest BCUT2D eigenvalue weighted by molar-refractivity contribution is 5.78. The van der Waals surface area contributed by atoms with Gasteiger partial charge in [-0.05, 0) is 43.7 Å². The smallest absolute Gasteiger partial charge is 0.223 e. The maximum Gasteiger partial charge on any atom is 0.223 e. The summed E-state index contributed by atoms with van der Waals surface area (Å²) >= 11 is 0. The van der Waals surface area contributed by atoms with Gasteiger partial charge in [0.15, 0.2) is 0 Å². The van der Waals surface area contributed by atoms with Crippen molar-refractivity contribution in [3.05, 3.63) is 0 Å². The molecular weight excluding hydrogens is 200 g/mol. The second kappa shape index (κ2) is 5.17. The average Bonchev–Trinajstić information content (AvgIpc) is 2.58. The van der Waals surface area contributed by atoms with E-state index in [1.54, 1.807) is 0 Å². The Hall–Kier alpha value is -0.570. The first-order valence-corrected chi connectivity index (χ1v) is 6.65. The molecule has 3 unspecified atom stereocenters. The highest BCUT2D eigenvalue weighted by atomic mass is 16.1. The standard InChI is InChI=1S/C13H24N2O/c1-9-3-4-11(5-9)6-15-13(16)10(2)12-7-14-8-12/h9-12,14H,3-8H2,1-2H3,(H,15,16). The molecule has 3 atom stereocenters. The first-order valence-electron chi connectivity index (χ1n) is 6.65. The van der Waals surface area contributed by atoms with Crippen LogP contribution < -0.4 is 10.6 Å². The number of carbonyl (C=O) groups is 1. The summed E-state index contributed by atoms with van der Waals surface area (Å²) in [5.41, 5.74) is 0. The molecule has 0 aromatic carbocycles. The largest absolute Gasteiger partial charge is 0.356 e.